The van der Waals surface area contributed by atoms with E-state index < -0.39 is 48.4 Å². The quantitative estimate of drug-likeness (QED) is 0.431. The summed E-state index contributed by atoms with van der Waals surface area (Å²) in [5.74, 6) is -3.52. The van der Waals surface area contributed by atoms with Crippen molar-refractivity contribution >= 4 is 17.8 Å². The molecular formula is C29H36F3N3O4. The molecule has 1 aliphatic rings. The molecule has 0 spiro atoms. The van der Waals surface area contributed by atoms with Gasteiger partial charge >= 0.3 is 12.1 Å². The Kier molecular flexibility index (Phi) is 9.74. The molecule has 7 nitrogen and oxygen atoms in total. The minimum Gasteiger partial charge on any atom is -0.469 e. The van der Waals surface area contributed by atoms with Gasteiger partial charge in [0.2, 0.25) is 11.8 Å². The number of aryl methyl sites for hydroxylation is 2. The number of halogens is 3. The van der Waals surface area contributed by atoms with Crippen molar-refractivity contribution in [3.8, 4) is 11.1 Å². The second-order valence-electron chi connectivity index (χ2n) is 10.6. The number of hydrogen-bond acceptors (Lipinski definition) is 5. The maximum atomic E-state index is 13.6. The van der Waals surface area contributed by atoms with Crippen molar-refractivity contribution in [2.45, 2.75) is 71.6 Å². The van der Waals surface area contributed by atoms with Crippen LogP contribution in [-0.4, -0.2) is 53.5 Å². The fourth-order valence-corrected chi connectivity index (χ4v) is 5.11. The molecule has 1 aromatic carbocycles. The van der Waals surface area contributed by atoms with Gasteiger partial charge in [-0.2, -0.15) is 13.2 Å². The van der Waals surface area contributed by atoms with Crippen LogP contribution in [0.1, 0.15) is 62.3 Å². The molecule has 1 N–H and O–H groups in total. The van der Waals surface area contributed by atoms with Crippen LogP contribution in [0.15, 0.2) is 36.7 Å². The Balaban J connectivity index is 1.91. The number of hydrogen-bond donors (Lipinski definition) is 1. The predicted octanol–water partition coefficient (Wildman–Crippen LogP) is 5.30. The molecule has 212 valence electrons. The van der Waals surface area contributed by atoms with Crippen LogP contribution in [0.25, 0.3) is 11.1 Å². The van der Waals surface area contributed by atoms with E-state index in [1.165, 1.54) is 12.0 Å². The van der Waals surface area contributed by atoms with Crippen molar-refractivity contribution < 1.29 is 32.3 Å². The number of carbonyl (C=O) groups excluding carboxylic acids is 3. The van der Waals surface area contributed by atoms with E-state index in [0.717, 1.165) is 22.3 Å². The molecule has 39 heavy (non-hydrogen) atoms. The Morgan fingerprint density at radius 1 is 1.18 bits per heavy atom. The fourth-order valence-electron chi connectivity index (χ4n) is 5.11. The molecule has 0 bridgehead atoms. The van der Waals surface area contributed by atoms with Gasteiger partial charge in [-0.3, -0.25) is 19.4 Å². The number of nitrogens with zero attached hydrogens (tertiary/aromatic N) is 2. The van der Waals surface area contributed by atoms with Crippen LogP contribution >= 0.6 is 0 Å². The molecule has 1 saturated heterocycles. The minimum absolute atomic E-state index is 0.0121. The number of likely N-dealkylation sites (tertiary alicyclic amines) is 1. The largest absolute Gasteiger partial charge is 0.469 e. The molecule has 3 atom stereocenters. The number of ether oxygens (including phenoxy) is 1. The molecule has 2 aromatic rings. The maximum Gasteiger partial charge on any atom is 0.392 e. The number of piperidine rings is 1. The predicted molar refractivity (Wildman–Crippen MR) is 140 cm³/mol. The van der Waals surface area contributed by atoms with Crippen molar-refractivity contribution in [3.05, 3.63) is 53.3 Å². The summed E-state index contributed by atoms with van der Waals surface area (Å²) in [4.78, 5) is 44.3. The third kappa shape index (κ3) is 7.58. The van der Waals surface area contributed by atoms with Crippen molar-refractivity contribution in [1.82, 2.24) is 15.2 Å². The summed E-state index contributed by atoms with van der Waals surface area (Å²) in [6.45, 7) is 7.55. The number of amides is 2. The van der Waals surface area contributed by atoms with Crippen molar-refractivity contribution in [2.24, 2.45) is 11.8 Å². The molecule has 1 fully saturated rings. The van der Waals surface area contributed by atoms with Crippen LogP contribution in [0, 0.1) is 25.7 Å². The summed E-state index contributed by atoms with van der Waals surface area (Å²) in [7, 11) is 1.25. The molecule has 0 saturated carbocycles. The molecule has 1 aliphatic heterocycles. The number of rotatable bonds is 9. The molecule has 0 radical (unpaired) electrons. The summed E-state index contributed by atoms with van der Waals surface area (Å²) in [5, 5.41) is 2.88. The highest BCUT2D eigenvalue weighted by molar-refractivity contribution is 5.89. The van der Waals surface area contributed by atoms with E-state index in [-0.39, 0.29) is 31.7 Å². The third-order valence-corrected chi connectivity index (χ3v) is 7.14. The van der Waals surface area contributed by atoms with Crippen molar-refractivity contribution in [2.75, 3.05) is 13.7 Å². The van der Waals surface area contributed by atoms with E-state index in [1.807, 2.05) is 52.0 Å². The van der Waals surface area contributed by atoms with Gasteiger partial charge in [0.1, 0.15) is 6.04 Å². The maximum absolute atomic E-state index is 13.6. The van der Waals surface area contributed by atoms with Gasteiger partial charge in [0, 0.05) is 30.9 Å². The Morgan fingerprint density at radius 3 is 2.41 bits per heavy atom. The summed E-state index contributed by atoms with van der Waals surface area (Å²) in [5.41, 5.74) is 4.46. The van der Waals surface area contributed by atoms with Crippen LogP contribution in [0.5, 0.6) is 0 Å². The summed E-state index contributed by atoms with van der Waals surface area (Å²) >= 11 is 0. The Labute approximate surface area is 227 Å². The highest BCUT2D eigenvalue weighted by Crippen LogP contribution is 2.36. The van der Waals surface area contributed by atoms with Crippen LogP contribution < -0.4 is 5.32 Å². The van der Waals surface area contributed by atoms with Gasteiger partial charge in [-0.1, -0.05) is 32.0 Å². The van der Waals surface area contributed by atoms with E-state index in [9.17, 15) is 27.6 Å². The lowest BCUT2D eigenvalue weighted by molar-refractivity contribution is -0.191. The first-order chi connectivity index (χ1) is 18.3. The normalized spacial score (nSPS) is 17.6. The van der Waals surface area contributed by atoms with E-state index in [1.54, 1.807) is 12.4 Å². The van der Waals surface area contributed by atoms with E-state index in [4.69, 9.17) is 4.74 Å². The molecule has 2 heterocycles. The summed E-state index contributed by atoms with van der Waals surface area (Å²) < 4.78 is 44.6. The molecule has 2 amide bonds. The number of pyridine rings is 1. The number of methoxy groups -OCH3 is 1. The van der Waals surface area contributed by atoms with Gasteiger partial charge in [0.05, 0.1) is 25.5 Å². The monoisotopic (exact) mass is 547 g/mol. The van der Waals surface area contributed by atoms with Gasteiger partial charge in [0.15, 0.2) is 0 Å². The Morgan fingerprint density at radius 2 is 1.85 bits per heavy atom. The average Bonchev–Trinajstić information content (AvgIpc) is 2.86. The van der Waals surface area contributed by atoms with Gasteiger partial charge in [-0.05, 0) is 60.9 Å². The zero-order chi connectivity index (χ0) is 28.9. The number of carbonyl (C=O) groups is 3. The van der Waals surface area contributed by atoms with E-state index in [0.29, 0.717) is 5.56 Å². The number of benzene rings is 1. The second kappa shape index (κ2) is 12.6. The second-order valence-corrected chi connectivity index (χ2v) is 10.6. The van der Waals surface area contributed by atoms with Crippen molar-refractivity contribution in [1.29, 1.82) is 0 Å². The van der Waals surface area contributed by atoms with E-state index in [2.05, 4.69) is 10.3 Å². The van der Waals surface area contributed by atoms with Crippen molar-refractivity contribution in [3.63, 3.8) is 0 Å². The molecule has 0 unspecified atom stereocenters. The van der Waals surface area contributed by atoms with Gasteiger partial charge in [-0.25, -0.2) is 0 Å². The van der Waals surface area contributed by atoms with Crippen LogP contribution in [0.2, 0.25) is 0 Å². The first kappa shape index (κ1) is 30.1. The summed E-state index contributed by atoms with van der Waals surface area (Å²) in [6.07, 6.45) is -2.05. The third-order valence-electron chi connectivity index (χ3n) is 7.14. The SMILES string of the molecule is COC(=O)C[C@H](NC(=O)[C@@H](CC(C)C)N1CC[C@H](C(F)(F)F)CC1=O)c1cncc(-c2c(C)cccc2C)c1. The molecule has 1 aromatic heterocycles. The van der Waals surface area contributed by atoms with Crippen LogP contribution in [0.3, 0.4) is 0 Å². The summed E-state index contributed by atoms with van der Waals surface area (Å²) in [6, 6.07) is 5.99. The Hall–Kier alpha value is -3.43. The zero-order valence-corrected chi connectivity index (χ0v) is 23.0. The lowest BCUT2D eigenvalue weighted by Gasteiger charge is -2.38. The average molecular weight is 548 g/mol. The van der Waals surface area contributed by atoms with Crippen LogP contribution in [0.4, 0.5) is 13.2 Å². The zero-order valence-electron chi connectivity index (χ0n) is 23.0. The first-order valence-corrected chi connectivity index (χ1v) is 13.1. The number of esters is 1. The van der Waals surface area contributed by atoms with Crippen LogP contribution in [-0.2, 0) is 19.1 Å². The Bertz CT molecular complexity index is 1180. The standard InChI is InChI=1S/C29H36F3N3O4/c1-17(2)11-24(35-10-9-22(13-25(35)36)29(30,31)32)28(38)34-23(14-26(37)39-5)20-12-21(16-33-15-20)27-18(3)7-6-8-19(27)4/h6-8,12,15-17,22-24H,9-11,13-14H2,1-5H3,(H,34,38)/t22-,23-,24+/m0/s1. The van der Waals surface area contributed by atoms with Gasteiger partial charge in [-0.15, -0.1) is 0 Å². The van der Waals surface area contributed by atoms with E-state index >= 15 is 0 Å². The van der Waals surface area contributed by atoms with Gasteiger partial charge < -0.3 is 15.0 Å². The topological polar surface area (TPSA) is 88.6 Å². The highest BCUT2D eigenvalue weighted by atomic mass is 19.4. The minimum atomic E-state index is -4.46. The number of aromatic nitrogens is 1. The number of nitrogens with one attached hydrogen (secondary N) is 1. The van der Waals surface area contributed by atoms with Gasteiger partial charge in [0.25, 0.3) is 0 Å². The smallest absolute Gasteiger partial charge is 0.392 e. The molecule has 0 aliphatic carbocycles. The fraction of sp³-hybridized carbons (Fsp3) is 0.517. The lowest BCUT2D eigenvalue weighted by Crippen LogP contribution is -2.54. The highest BCUT2D eigenvalue weighted by Gasteiger charge is 2.46. The molecule has 10 heteroatoms. The number of alkyl halides is 3. The lowest BCUT2D eigenvalue weighted by atomic mass is 9.92. The molecular weight excluding hydrogens is 511 g/mol. The first-order valence-electron chi connectivity index (χ1n) is 13.1. The molecule has 3 rings (SSSR count).